The lowest BCUT2D eigenvalue weighted by Gasteiger charge is -2.21. The molecular weight excluding hydrogens is 248 g/mol. The van der Waals surface area contributed by atoms with E-state index >= 15 is 0 Å². The molecule has 1 amide bonds. The molecule has 2 rings (SSSR count). The van der Waals surface area contributed by atoms with E-state index in [-0.39, 0.29) is 5.91 Å². The van der Waals surface area contributed by atoms with Crippen molar-refractivity contribution in [3.63, 3.8) is 0 Å². The maximum Gasteiger partial charge on any atom is 0.224 e. The number of hydrogen-bond acceptors (Lipinski definition) is 2. The molecule has 0 saturated carbocycles. The molecule has 1 fully saturated rings. The van der Waals surface area contributed by atoms with Crippen LogP contribution >= 0.6 is 0 Å². The van der Waals surface area contributed by atoms with Crippen molar-refractivity contribution in [3.8, 4) is 0 Å². The van der Waals surface area contributed by atoms with E-state index in [1.165, 1.54) is 11.1 Å². The fourth-order valence-corrected chi connectivity index (χ4v) is 2.56. The zero-order valence-corrected chi connectivity index (χ0v) is 12.3. The summed E-state index contributed by atoms with van der Waals surface area (Å²) < 4.78 is 0. The molecule has 1 aliphatic heterocycles. The van der Waals surface area contributed by atoms with Crippen LogP contribution in [0.2, 0.25) is 0 Å². The standard InChI is InChI=1S/C17H24N2O/c1-3-10-19-13-12-18(11-9-17(19)20)14-16-7-5-15(4-2)6-8-16/h3,5-8H,1,4,9-14H2,2H3. The minimum atomic E-state index is 0.244. The van der Waals surface area contributed by atoms with Crippen LogP contribution in [0.25, 0.3) is 0 Å². The van der Waals surface area contributed by atoms with Crippen LogP contribution in [-0.2, 0) is 17.8 Å². The van der Waals surface area contributed by atoms with Gasteiger partial charge in [0.15, 0.2) is 0 Å². The summed E-state index contributed by atoms with van der Waals surface area (Å²) in [5, 5.41) is 0. The average Bonchev–Trinajstić information content (AvgIpc) is 2.64. The predicted molar refractivity (Wildman–Crippen MR) is 82.5 cm³/mol. The van der Waals surface area contributed by atoms with Crippen molar-refractivity contribution < 1.29 is 4.79 Å². The molecule has 0 aromatic heterocycles. The topological polar surface area (TPSA) is 23.6 Å². The van der Waals surface area contributed by atoms with Crippen molar-refractivity contribution in [2.24, 2.45) is 0 Å². The molecule has 1 saturated heterocycles. The highest BCUT2D eigenvalue weighted by Gasteiger charge is 2.19. The molecule has 1 aromatic carbocycles. The molecule has 3 nitrogen and oxygen atoms in total. The van der Waals surface area contributed by atoms with Gasteiger partial charge in [-0.25, -0.2) is 0 Å². The van der Waals surface area contributed by atoms with Gasteiger partial charge in [0.1, 0.15) is 0 Å². The summed E-state index contributed by atoms with van der Waals surface area (Å²) in [5.41, 5.74) is 2.70. The van der Waals surface area contributed by atoms with Crippen molar-refractivity contribution in [2.75, 3.05) is 26.2 Å². The quantitative estimate of drug-likeness (QED) is 0.769. The van der Waals surface area contributed by atoms with E-state index in [9.17, 15) is 4.79 Å². The lowest BCUT2D eigenvalue weighted by atomic mass is 10.1. The van der Waals surface area contributed by atoms with E-state index in [0.717, 1.165) is 32.6 Å². The zero-order chi connectivity index (χ0) is 14.4. The number of amides is 1. The van der Waals surface area contributed by atoms with Gasteiger partial charge < -0.3 is 4.90 Å². The van der Waals surface area contributed by atoms with Gasteiger partial charge in [0.25, 0.3) is 0 Å². The van der Waals surface area contributed by atoms with Gasteiger partial charge >= 0.3 is 0 Å². The monoisotopic (exact) mass is 272 g/mol. The highest BCUT2D eigenvalue weighted by molar-refractivity contribution is 5.76. The number of rotatable bonds is 5. The van der Waals surface area contributed by atoms with Gasteiger partial charge in [-0.05, 0) is 17.5 Å². The van der Waals surface area contributed by atoms with E-state index in [2.05, 4.69) is 42.7 Å². The van der Waals surface area contributed by atoms with Crippen molar-refractivity contribution in [1.82, 2.24) is 9.80 Å². The molecule has 0 N–H and O–H groups in total. The summed E-state index contributed by atoms with van der Waals surface area (Å²) in [6.45, 7) is 10.1. The first-order valence-corrected chi connectivity index (χ1v) is 7.41. The van der Waals surface area contributed by atoms with Crippen LogP contribution in [0, 0.1) is 0 Å². The summed E-state index contributed by atoms with van der Waals surface area (Å²) in [5.74, 6) is 0.244. The summed E-state index contributed by atoms with van der Waals surface area (Å²) in [6.07, 6.45) is 3.49. The Labute approximate surface area is 121 Å². The maximum atomic E-state index is 11.9. The van der Waals surface area contributed by atoms with Gasteiger partial charge in [0.05, 0.1) is 0 Å². The van der Waals surface area contributed by atoms with Gasteiger partial charge in [-0.15, -0.1) is 6.58 Å². The second kappa shape index (κ2) is 7.25. The zero-order valence-electron chi connectivity index (χ0n) is 12.3. The molecule has 0 atom stereocenters. The third-order valence-corrected chi connectivity index (χ3v) is 3.87. The van der Waals surface area contributed by atoms with E-state index in [1.54, 1.807) is 6.08 Å². The van der Waals surface area contributed by atoms with Crippen molar-refractivity contribution >= 4 is 5.91 Å². The molecule has 0 spiro atoms. The van der Waals surface area contributed by atoms with Gasteiger partial charge in [-0.1, -0.05) is 37.3 Å². The third kappa shape index (κ3) is 3.94. The fourth-order valence-electron chi connectivity index (χ4n) is 2.56. The molecule has 108 valence electrons. The van der Waals surface area contributed by atoms with E-state index < -0.39 is 0 Å². The number of aryl methyl sites for hydroxylation is 1. The molecule has 1 aliphatic rings. The molecular formula is C17H24N2O. The van der Waals surface area contributed by atoms with Crippen LogP contribution in [0.4, 0.5) is 0 Å². The first-order chi connectivity index (χ1) is 9.72. The molecule has 1 heterocycles. The molecule has 1 aromatic rings. The Morgan fingerprint density at radius 2 is 1.85 bits per heavy atom. The second-order valence-corrected chi connectivity index (χ2v) is 5.32. The Morgan fingerprint density at radius 3 is 2.50 bits per heavy atom. The van der Waals surface area contributed by atoms with Crippen LogP contribution in [0.1, 0.15) is 24.5 Å². The molecule has 0 aliphatic carbocycles. The van der Waals surface area contributed by atoms with Crippen molar-refractivity contribution in [1.29, 1.82) is 0 Å². The van der Waals surface area contributed by atoms with Crippen LogP contribution in [-0.4, -0.2) is 41.9 Å². The van der Waals surface area contributed by atoms with E-state index in [4.69, 9.17) is 0 Å². The van der Waals surface area contributed by atoms with Crippen LogP contribution in [0.15, 0.2) is 36.9 Å². The number of hydrogen-bond donors (Lipinski definition) is 0. The maximum absolute atomic E-state index is 11.9. The lowest BCUT2D eigenvalue weighted by molar-refractivity contribution is -0.129. The Balaban J connectivity index is 1.92. The summed E-state index contributed by atoms with van der Waals surface area (Å²) in [6, 6.07) is 8.80. The van der Waals surface area contributed by atoms with Crippen molar-refractivity contribution in [2.45, 2.75) is 26.3 Å². The molecule has 20 heavy (non-hydrogen) atoms. The predicted octanol–water partition coefficient (Wildman–Crippen LogP) is 2.47. The Morgan fingerprint density at radius 1 is 1.15 bits per heavy atom. The highest BCUT2D eigenvalue weighted by Crippen LogP contribution is 2.11. The third-order valence-electron chi connectivity index (χ3n) is 3.87. The highest BCUT2D eigenvalue weighted by atomic mass is 16.2. The smallest absolute Gasteiger partial charge is 0.224 e. The minimum absolute atomic E-state index is 0.244. The van der Waals surface area contributed by atoms with Gasteiger partial charge in [0, 0.05) is 39.1 Å². The van der Waals surface area contributed by atoms with Gasteiger partial charge in [0.2, 0.25) is 5.91 Å². The number of nitrogens with zero attached hydrogens (tertiary/aromatic N) is 2. The SMILES string of the molecule is C=CCN1CCN(Cc2ccc(CC)cc2)CCC1=O. The van der Waals surface area contributed by atoms with Gasteiger partial charge in [-0.2, -0.15) is 0 Å². The molecule has 0 radical (unpaired) electrons. The Bertz CT molecular complexity index is 453. The summed E-state index contributed by atoms with van der Waals surface area (Å²) in [4.78, 5) is 16.2. The van der Waals surface area contributed by atoms with Crippen LogP contribution < -0.4 is 0 Å². The first-order valence-electron chi connectivity index (χ1n) is 7.41. The van der Waals surface area contributed by atoms with E-state index in [0.29, 0.717) is 13.0 Å². The fraction of sp³-hybridized carbons (Fsp3) is 0.471. The van der Waals surface area contributed by atoms with Gasteiger partial charge in [-0.3, -0.25) is 9.69 Å². The molecule has 0 bridgehead atoms. The Kier molecular flexibility index (Phi) is 5.36. The normalized spacial score (nSPS) is 17.1. The average molecular weight is 272 g/mol. The number of carbonyl (C=O) groups excluding carboxylic acids is 1. The van der Waals surface area contributed by atoms with Crippen molar-refractivity contribution in [3.05, 3.63) is 48.0 Å². The first kappa shape index (κ1) is 14.8. The summed E-state index contributed by atoms with van der Waals surface area (Å²) in [7, 11) is 0. The number of benzene rings is 1. The molecule has 3 heteroatoms. The molecule has 0 unspecified atom stereocenters. The second-order valence-electron chi connectivity index (χ2n) is 5.32. The number of carbonyl (C=O) groups is 1. The van der Waals surface area contributed by atoms with E-state index in [1.807, 2.05) is 4.90 Å². The largest absolute Gasteiger partial charge is 0.338 e. The summed E-state index contributed by atoms with van der Waals surface area (Å²) >= 11 is 0. The Hall–Kier alpha value is -1.61. The lowest BCUT2D eigenvalue weighted by Crippen LogP contribution is -2.33. The minimum Gasteiger partial charge on any atom is -0.338 e. The van der Waals surface area contributed by atoms with Crippen LogP contribution in [0.5, 0.6) is 0 Å². The van der Waals surface area contributed by atoms with Crippen LogP contribution in [0.3, 0.4) is 0 Å².